The fourth-order valence-electron chi connectivity index (χ4n) is 5.79. The van der Waals surface area contributed by atoms with Gasteiger partial charge in [0.2, 0.25) is 0 Å². The average molecular weight is 855 g/mol. The molecule has 0 spiro atoms. The molecule has 0 aliphatic heterocycles. The molecule has 17 heteroatoms. The van der Waals surface area contributed by atoms with Gasteiger partial charge in [-0.05, 0) is 118 Å². The lowest BCUT2D eigenvalue weighted by atomic mass is 9.88. The second kappa shape index (κ2) is 16.6. The van der Waals surface area contributed by atoms with Gasteiger partial charge in [0.1, 0.15) is 21.4 Å². The van der Waals surface area contributed by atoms with Gasteiger partial charge in [-0.1, -0.05) is 26.8 Å². The lowest BCUT2D eigenvalue weighted by Gasteiger charge is -2.44. The van der Waals surface area contributed by atoms with E-state index in [1.807, 2.05) is 20.8 Å². The maximum atomic E-state index is 16.4. The van der Waals surface area contributed by atoms with Gasteiger partial charge in [0.15, 0.2) is 31.3 Å². The van der Waals surface area contributed by atoms with Gasteiger partial charge in [-0.2, -0.15) is 4.98 Å². The van der Waals surface area contributed by atoms with Crippen LogP contribution >= 0.6 is 15.9 Å². The van der Waals surface area contributed by atoms with Gasteiger partial charge in [0.25, 0.3) is 11.9 Å². The minimum absolute atomic E-state index is 0.0723. The van der Waals surface area contributed by atoms with E-state index < -0.39 is 73.6 Å². The van der Waals surface area contributed by atoms with E-state index in [2.05, 4.69) is 31.0 Å². The topological polar surface area (TPSA) is 117 Å². The van der Waals surface area contributed by atoms with Crippen molar-refractivity contribution in [2.75, 3.05) is 11.5 Å². The fourth-order valence-corrected chi connectivity index (χ4v) is 9.10. The van der Waals surface area contributed by atoms with Crippen LogP contribution in [0.15, 0.2) is 53.4 Å². The van der Waals surface area contributed by atoms with Crippen LogP contribution in [0, 0.1) is 11.6 Å². The number of anilines is 1. The van der Waals surface area contributed by atoms with Crippen LogP contribution in [0.2, 0.25) is 18.1 Å². The third kappa shape index (κ3) is 10.0. The molecule has 11 nitrogen and oxygen atoms in total. The lowest BCUT2D eigenvalue weighted by molar-refractivity contribution is -0.175. The number of imide groups is 1. The van der Waals surface area contributed by atoms with E-state index in [1.165, 1.54) is 48.1 Å². The SMILES string of the molecule is CC[Si](CC)(CC)OC(C)(c1ccc(Br)nc1)C(F)(F)CCOc1c(F)ccc(-c2ccn3nc(N(C(=O)OC(C)(C)C)C(=O)OC(C)(C)C)nc3c2)c1F. The summed E-state index contributed by atoms with van der Waals surface area (Å²) < 4.78 is 88.4. The smallest absolute Gasteiger partial charge is 0.427 e. The minimum Gasteiger partial charge on any atom is -0.487 e. The number of rotatable bonds is 13. The number of ether oxygens (including phenoxy) is 3. The minimum atomic E-state index is -3.55. The number of alkyl halides is 2. The van der Waals surface area contributed by atoms with Crippen molar-refractivity contribution in [1.82, 2.24) is 19.6 Å². The van der Waals surface area contributed by atoms with Crippen molar-refractivity contribution in [1.29, 1.82) is 0 Å². The monoisotopic (exact) mass is 853 g/mol. The van der Waals surface area contributed by atoms with E-state index in [0.29, 0.717) is 27.6 Å². The standard InChI is InChI=1S/C38H48BrF4N5O6Si/c1-11-55(12-2,13-3)54-37(10,25-14-17-28(39)44-23-25)38(42,43)19-21-51-31-27(40)16-15-26(30(31)41)24-18-20-47-29(22-24)45-32(46-47)48(33(49)52-35(4,5)6)34(50)53-36(7,8)9/h14-18,20,22-23H,11-13,19,21H2,1-10H3. The van der Waals surface area contributed by atoms with E-state index in [1.54, 1.807) is 47.6 Å². The van der Waals surface area contributed by atoms with Gasteiger partial charge in [-0.3, -0.25) is 0 Å². The average Bonchev–Trinajstić information content (AvgIpc) is 3.50. The highest BCUT2D eigenvalue weighted by atomic mass is 79.9. The van der Waals surface area contributed by atoms with Gasteiger partial charge >= 0.3 is 12.2 Å². The number of pyridine rings is 2. The highest BCUT2D eigenvalue weighted by molar-refractivity contribution is 9.10. The number of carbonyl (C=O) groups excluding carboxylic acids is 2. The number of hydrogen-bond acceptors (Lipinski definition) is 9. The lowest BCUT2D eigenvalue weighted by Crippen LogP contribution is -2.53. The third-order valence-electron chi connectivity index (χ3n) is 9.03. The molecule has 1 aromatic carbocycles. The molecule has 1 unspecified atom stereocenters. The second-order valence-corrected chi connectivity index (χ2v) is 20.7. The molecule has 3 heterocycles. The Morgan fingerprint density at radius 1 is 0.891 bits per heavy atom. The molecule has 0 radical (unpaired) electrons. The molecule has 0 saturated heterocycles. The molecular formula is C38H48BrF4N5O6Si. The summed E-state index contributed by atoms with van der Waals surface area (Å²) in [7, 11) is -2.62. The van der Waals surface area contributed by atoms with Crippen LogP contribution in [-0.4, -0.2) is 63.8 Å². The summed E-state index contributed by atoms with van der Waals surface area (Å²) in [4.78, 5) is 35.2. The number of halogens is 5. The Labute approximate surface area is 328 Å². The highest BCUT2D eigenvalue weighted by Crippen LogP contribution is 2.47. The number of hydrogen-bond donors (Lipinski definition) is 0. The molecule has 3 aromatic heterocycles. The van der Waals surface area contributed by atoms with Crippen LogP contribution < -0.4 is 9.64 Å². The van der Waals surface area contributed by atoms with Crippen molar-refractivity contribution in [2.45, 2.75) is 117 Å². The molecule has 0 aliphatic carbocycles. The van der Waals surface area contributed by atoms with E-state index in [0.717, 1.165) is 6.07 Å². The summed E-state index contributed by atoms with van der Waals surface area (Å²) >= 11 is 3.25. The fraction of sp³-hybridized carbons (Fsp3) is 0.500. The maximum Gasteiger partial charge on any atom is 0.427 e. The van der Waals surface area contributed by atoms with Crippen molar-refractivity contribution in [2.24, 2.45) is 0 Å². The van der Waals surface area contributed by atoms with Gasteiger partial charge in [0, 0.05) is 29.9 Å². The summed E-state index contributed by atoms with van der Waals surface area (Å²) in [5.41, 5.74) is -3.77. The van der Waals surface area contributed by atoms with Crippen molar-refractivity contribution in [3.8, 4) is 16.9 Å². The number of amides is 2. The van der Waals surface area contributed by atoms with Crippen LogP contribution in [0.25, 0.3) is 16.8 Å². The van der Waals surface area contributed by atoms with Crippen molar-refractivity contribution < 1.29 is 45.8 Å². The number of aromatic nitrogens is 4. The first-order valence-corrected chi connectivity index (χ1v) is 21.2. The highest BCUT2D eigenvalue weighted by Gasteiger charge is 2.55. The Balaban J connectivity index is 1.64. The molecule has 4 rings (SSSR count). The maximum absolute atomic E-state index is 16.4. The van der Waals surface area contributed by atoms with E-state index in [9.17, 15) is 9.59 Å². The van der Waals surface area contributed by atoms with E-state index in [4.69, 9.17) is 18.6 Å². The summed E-state index contributed by atoms with van der Waals surface area (Å²) in [6.45, 7) is 16.1. The Kier molecular flexibility index (Phi) is 13.1. The van der Waals surface area contributed by atoms with Crippen LogP contribution in [0.1, 0.15) is 81.2 Å². The first-order valence-electron chi connectivity index (χ1n) is 17.9. The zero-order chi connectivity index (χ0) is 41.1. The Morgan fingerprint density at radius 2 is 1.49 bits per heavy atom. The summed E-state index contributed by atoms with van der Waals surface area (Å²) in [6.07, 6.45) is -0.374. The third-order valence-corrected chi connectivity index (χ3v) is 14.2. The number of fused-ring (bicyclic) bond motifs is 1. The molecule has 2 amide bonds. The molecule has 4 aromatic rings. The van der Waals surface area contributed by atoms with Gasteiger partial charge < -0.3 is 18.6 Å². The van der Waals surface area contributed by atoms with Crippen molar-refractivity contribution >= 4 is 48.0 Å². The number of benzene rings is 1. The second-order valence-electron chi connectivity index (χ2n) is 15.2. The zero-order valence-electron chi connectivity index (χ0n) is 32.7. The summed E-state index contributed by atoms with van der Waals surface area (Å²) in [5, 5.41) is 4.22. The van der Waals surface area contributed by atoms with Crippen molar-refractivity contribution in [3.05, 3.63) is 70.6 Å². The first kappa shape index (κ1) is 43.6. The molecule has 0 saturated carbocycles. The molecule has 1 atom stereocenters. The normalized spacial score (nSPS) is 13.7. The first-order chi connectivity index (χ1) is 25.5. The molecular weight excluding hydrogens is 806 g/mol. The predicted molar refractivity (Wildman–Crippen MR) is 206 cm³/mol. The number of nitrogens with zero attached hydrogens (tertiary/aromatic N) is 5. The van der Waals surface area contributed by atoms with Crippen LogP contribution in [-0.2, 0) is 19.5 Å². The van der Waals surface area contributed by atoms with Crippen LogP contribution in [0.3, 0.4) is 0 Å². The van der Waals surface area contributed by atoms with Gasteiger partial charge in [-0.25, -0.2) is 36.7 Å². The van der Waals surface area contributed by atoms with Gasteiger partial charge in [-0.15, -0.1) is 10.00 Å². The molecule has 0 N–H and O–H groups in total. The number of carbonyl (C=O) groups is 2. The quantitative estimate of drug-likeness (QED) is 0.0736. The zero-order valence-corrected chi connectivity index (χ0v) is 35.3. The molecule has 0 bridgehead atoms. The molecule has 55 heavy (non-hydrogen) atoms. The molecule has 0 aliphatic rings. The molecule has 300 valence electrons. The Bertz CT molecular complexity index is 1960. The summed E-state index contributed by atoms with van der Waals surface area (Å²) in [5.74, 6) is -7.00. The predicted octanol–water partition coefficient (Wildman–Crippen LogP) is 10.8. The van der Waals surface area contributed by atoms with Crippen LogP contribution in [0.4, 0.5) is 33.1 Å². The largest absolute Gasteiger partial charge is 0.487 e. The van der Waals surface area contributed by atoms with E-state index >= 15 is 17.6 Å². The van der Waals surface area contributed by atoms with E-state index in [-0.39, 0.29) is 28.3 Å². The van der Waals surface area contributed by atoms with Crippen molar-refractivity contribution in [3.63, 3.8) is 0 Å². The van der Waals surface area contributed by atoms with Gasteiger partial charge in [0.05, 0.1) is 6.61 Å². The van der Waals surface area contributed by atoms with Crippen LogP contribution in [0.5, 0.6) is 5.75 Å². The summed E-state index contributed by atoms with van der Waals surface area (Å²) in [6, 6.07) is 9.87. The molecule has 0 fully saturated rings. The Morgan fingerprint density at radius 3 is 2.02 bits per heavy atom. The Hall–Kier alpha value is -4.09.